The van der Waals surface area contributed by atoms with Gasteiger partial charge in [0.25, 0.3) is 5.91 Å². The van der Waals surface area contributed by atoms with Gasteiger partial charge in [0.1, 0.15) is 5.69 Å². The van der Waals surface area contributed by atoms with Crippen LogP contribution in [0.3, 0.4) is 0 Å². The Balaban J connectivity index is 2.31. The maximum Gasteiger partial charge on any atom is 0.340 e. The van der Waals surface area contributed by atoms with Gasteiger partial charge in [0.15, 0.2) is 0 Å². The molecule has 0 saturated carbocycles. The van der Waals surface area contributed by atoms with Crippen molar-refractivity contribution in [3.05, 3.63) is 57.4 Å². The number of aromatic nitrogens is 1. The summed E-state index contributed by atoms with van der Waals surface area (Å²) >= 11 is 6.21. The van der Waals surface area contributed by atoms with Crippen LogP contribution in [0.1, 0.15) is 51.5 Å². The number of carbonyl (C=O) groups excluding carboxylic acids is 2. The zero-order valence-corrected chi connectivity index (χ0v) is 15.7. The van der Waals surface area contributed by atoms with Crippen molar-refractivity contribution in [2.24, 2.45) is 0 Å². The molecule has 2 aromatic rings. The summed E-state index contributed by atoms with van der Waals surface area (Å²) in [5.41, 5.74) is 2.96. The summed E-state index contributed by atoms with van der Waals surface area (Å²) in [6.07, 6.45) is 0. The summed E-state index contributed by atoms with van der Waals surface area (Å²) in [5, 5.41) is 0.625. The Labute approximate surface area is 152 Å². The van der Waals surface area contributed by atoms with Crippen molar-refractivity contribution in [3.63, 3.8) is 0 Å². The van der Waals surface area contributed by atoms with Crippen molar-refractivity contribution < 1.29 is 14.3 Å². The number of benzene rings is 1. The van der Waals surface area contributed by atoms with Gasteiger partial charge < -0.3 is 14.6 Å². The lowest BCUT2D eigenvalue weighted by molar-refractivity contribution is 0.0525. The molecule has 1 aromatic carbocycles. The fourth-order valence-corrected chi connectivity index (χ4v) is 2.99. The van der Waals surface area contributed by atoms with E-state index in [2.05, 4.69) is 4.98 Å². The van der Waals surface area contributed by atoms with Crippen molar-refractivity contribution >= 4 is 23.5 Å². The second kappa shape index (κ2) is 8.21. The summed E-state index contributed by atoms with van der Waals surface area (Å²) in [4.78, 5) is 29.8. The molecule has 0 spiro atoms. The molecule has 134 valence electrons. The van der Waals surface area contributed by atoms with Crippen LogP contribution >= 0.6 is 11.6 Å². The Hall–Kier alpha value is -2.27. The maximum absolute atomic E-state index is 13.0. The molecule has 0 saturated heterocycles. The third kappa shape index (κ3) is 4.04. The molecule has 0 fully saturated rings. The molecule has 0 aliphatic heterocycles. The van der Waals surface area contributed by atoms with E-state index in [0.717, 1.165) is 5.56 Å². The van der Waals surface area contributed by atoms with Gasteiger partial charge in [-0.05, 0) is 44.9 Å². The van der Waals surface area contributed by atoms with Crippen molar-refractivity contribution in [2.45, 2.75) is 34.2 Å². The smallest absolute Gasteiger partial charge is 0.340 e. The molecule has 1 aromatic heterocycles. The number of esters is 1. The molecule has 1 heterocycles. The first-order valence-corrected chi connectivity index (χ1v) is 8.67. The fraction of sp³-hybridized carbons (Fsp3) is 0.368. The Bertz CT molecular complexity index is 783. The minimum Gasteiger partial charge on any atom is -0.462 e. The monoisotopic (exact) mass is 362 g/mol. The van der Waals surface area contributed by atoms with Crippen LogP contribution < -0.4 is 0 Å². The van der Waals surface area contributed by atoms with Crippen LogP contribution in [0.25, 0.3) is 0 Å². The lowest BCUT2D eigenvalue weighted by Gasteiger charge is -2.21. The molecular formula is C19H23ClN2O3. The Morgan fingerprint density at radius 1 is 1.20 bits per heavy atom. The average molecular weight is 363 g/mol. The second-order valence-corrected chi connectivity index (χ2v) is 6.16. The zero-order valence-electron chi connectivity index (χ0n) is 15.0. The molecule has 1 N–H and O–H groups in total. The van der Waals surface area contributed by atoms with Crippen LogP contribution in [0.15, 0.2) is 24.3 Å². The highest BCUT2D eigenvalue weighted by molar-refractivity contribution is 6.31. The molecule has 1 amide bonds. The van der Waals surface area contributed by atoms with Crippen LogP contribution in [-0.2, 0) is 11.3 Å². The van der Waals surface area contributed by atoms with E-state index >= 15 is 0 Å². The first-order valence-electron chi connectivity index (χ1n) is 8.29. The first-order chi connectivity index (χ1) is 11.9. The van der Waals surface area contributed by atoms with E-state index in [1.807, 2.05) is 25.1 Å². The molecule has 0 atom stereocenters. The maximum atomic E-state index is 13.0. The van der Waals surface area contributed by atoms with E-state index in [1.54, 1.807) is 31.7 Å². The van der Waals surface area contributed by atoms with E-state index in [1.165, 1.54) is 0 Å². The predicted octanol–water partition coefficient (Wildman–Crippen LogP) is 4.12. The number of hydrogen-bond acceptors (Lipinski definition) is 3. The van der Waals surface area contributed by atoms with Crippen LogP contribution in [0.2, 0.25) is 5.02 Å². The Morgan fingerprint density at radius 2 is 1.88 bits per heavy atom. The summed E-state index contributed by atoms with van der Waals surface area (Å²) < 4.78 is 5.08. The number of hydrogen-bond donors (Lipinski definition) is 1. The first kappa shape index (κ1) is 19.1. The van der Waals surface area contributed by atoms with E-state index in [4.69, 9.17) is 16.3 Å². The fourth-order valence-electron chi connectivity index (χ4n) is 2.79. The zero-order chi connectivity index (χ0) is 18.6. The summed E-state index contributed by atoms with van der Waals surface area (Å²) in [6, 6.07) is 7.45. The van der Waals surface area contributed by atoms with Crippen molar-refractivity contribution in [1.29, 1.82) is 0 Å². The summed E-state index contributed by atoms with van der Waals surface area (Å²) in [7, 11) is 0. The number of nitrogens with one attached hydrogen (secondary N) is 1. The van der Waals surface area contributed by atoms with E-state index in [-0.39, 0.29) is 5.91 Å². The topological polar surface area (TPSA) is 62.4 Å². The van der Waals surface area contributed by atoms with E-state index in [9.17, 15) is 9.59 Å². The standard InChI is InChI=1S/C19H23ClN2O3/c1-5-22(11-14-9-7-8-10-15(14)20)18(23)17-12(3)16(13(4)21-17)19(24)25-6-2/h7-10,21H,5-6,11H2,1-4H3. The van der Waals surface area contributed by atoms with Gasteiger partial charge in [0.2, 0.25) is 0 Å². The van der Waals surface area contributed by atoms with Crippen molar-refractivity contribution in [1.82, 2.24) is 9.88 Å². The van der Waals surface area contributed by atoms with Gasteiger partial charge >= 0.3 is 5.97 Å². The van der Waals surface area contributed by atoms with Gasteiger partial charge in [-0.25, -0.2) is 4.79 Å². The number of amides is 1. The summed E-state index contributed by atoms with van der Waals surface area (Å²) in [6.45, 7) is 8.40. The molecule has 0 aliphatic rings. The molecule has 0 bridgehead atoms. The highest BCUT2D eigenvalue weighted by Crippen LogP contribution is 2.22. The number of nitrogens with zero attached hydrogens (tertiary/aromatic N) is 1. The second-order valence-electron chi connectivity index (χ2n) is 5.76. The Morgan fingerprint density at radius 3 is 2.48 bits per heavy atom. The van der Waals surface area contributed by atoms with Gasteiger partial charge in [0.05, 0.1) is 12.2 Å². The van der Waals surface area contributed by atoms with Crippen LogP contribution in [0, 0.1) is 13.8 Å². The van der Waals surface area contributed by atoms with Gasteiger partial charge in [0, 0.05) is 23.8 Å². The number of rotatable bonds is 6. The minimum atomic E-state index is -0.415. The largest absolute Gasteiger partial charge is 0.462 e. The van der Waals surface area contributed by atoms with Crippen LogP contribution in [-0.4, -0.2) is 34.9 Å². The van der Waals surface area contributed by atoms with Gasteiger partial charge in [-0.15, -0.1) is 0 Å². The number of ether oxygens (including phenoxy) is 1. The molecular weight excluding hydrogens is 340 g/mol. The highest BCUT2D eigenvalue weighted by Gasteiger charge is 2.25. The van der Waals surface area contributed by atoms with Gasteiger partial charge in [-0.2, -0.15) is 0 Å². The number of carbonyl (C=O) groups is 2. The number of aryl methyl sites for hydroxylation is 1. The highest BCUT2D eigenvalue weighted by atomic mass is 35.5. The normalized spacial score (nSPS) is 10.6. The number of H-pyrrole nitrogens is 1. The van der Waals surface area contributed by atoms with Crippen LogP contribution in [0.4, 0.5) is 0 Å². The van der Waals surface area contributed by atoms with E-state index in [0.29, 0.717) is 47.2 Å². The lowest BCUT2D eigenvalue weighted by Crippen LogP contribution is -2.31. The third-order valence-electron chi connectivity index (χ3n) is 4.12. The number of aromatic amines is 1. The van der Waals surface area contributed by atoms with Gasteiger partial charge in [-0.1, -0.05) is 29.8 Å². The molecule has 0 aliphatic carbocycles. The Kier molecular flexibility index (Phi) is 6.26. The van der Waals surface area contributed by atoms with Gasteiger partial charge in [-0.3, -0.25) is 4.79 Å². The van der Waals surface area contributed by atoms with Crippen molar-refractivity contribution in [2.75, 3.05) is 13.2 Å². The van der Waals surface area contributed by atoms with E-state index < -0.39 is 5.97 Å². The number of halogens is 1. The minimum absolute atomic E-state index is 0.168. The summed E-state index contributed by atoms with van der Waals surface area (Å²) in [5.74, 6) is -0.583. The van der Waals surface area contributed by atoms with Crippen molar-refractivity contribution in [3.8, 4) is 0 Å². The predicted molar refractivity (Wildman–Crippen MR) is 98.1 cm³/mol. The molecule has 25 heavy (non-hydrogen) atoms. The molecule has 5 nitrogen and oxygen atoms in total. The van der Waals surface area contributed by atoms with Crippen LogP contribution in [0.5, 0.6) is 0 Å². The lowest BCUT2D eigenvalue weighted by atomic mass is 10.1. The molecule has 2 rings (SSSR count). The molecule has 0 unspecified atom stereocenters. The third-order valence-corrected chi connectivity index (χ3v) is 4.49. The SMILES string of the molecule is CCOC(=O)c1c(C)[nH]c(C(=O)N(CC)Cc2ccccc2Cl)c1C. The molecule has 0 radical (unpaired) electrons. The molecule has 6 heteroatoms. The average Bonchev–Trinajstić information content (AvgIpc) is 2.88. The quantitative estimate of drug-likeness (QED) is 0.786.